The predicted molar refractivity (Wildman–Crippen MR) is 89.2 cm³/mol. The average Bonchev–Trinajstić information content (AvgIpc) is 2.96. The van der Waals surface area contributed by atoms with E-state index in [9.17, 15) is 0 Å². The van der Waals surface area contributed by atoms with E-state index >= 15 is 0 Å². The van der Waals surface area contributed by atoms with Crippen LogP contribution in [-0.2, 0) is 6.54 Å². The molecule has 0 saturated heterocycles. The number of hydrogen-bond donors (Lipinski definition) is 1. The van der Waals surface area contributed by atoms with Gasteiger partial charge in [0, 0.05) is 18.9 Å². The second kappa shape index (κ2) is 7.98. The van der Waals surface area contributed by atoms with E-state index in [1.807, 2.05) is 6.20 Å². The zero-order valence-electron chi connectivity index (χ0n) is 14.3. The Labute approximate surface area is 130 Å². The highest BCUT2D eigenvalue weighted by molar-refractivity contribution is 5.02. The van der Waals surface area contributed by atoms with Gasteiger partial charge in [0.25, 0.3) is 0 Å². The Morgan fingerprint density at radius 3 is 2.43 bits per heavy atom. The number of rotatable bonds is 7. The number of hydrogen-bond acceptors (Lipinski definition) is 2. The van der Waals surface area contributed by atoms with Crippen molar-refractivity contribution < 1.29 is 0 Å². The third-order valence-corrected chi connectivity index (χ3v) is 5.21. The Morgan fingerprint density at radius 2 is 1.86 bits per heavy atom. The molecule has 1 aromatic rings. The molecule has 0 bridgehead atoms. The van der Waals surface area contributed by atoms with Crippen LogP contribution in [0.1, 0.15) is 71.7 Å². The molecular weight excluding hydrogens is 258 g/mol. The summed E-state index contributed by atoms with van der Waals surface area (Å²) in [6, 6.07) is 0.438. The minimum Gasteiger partial charge on any atom is -0.334 e. The van der Waals surface area contributed by atoms with E-state index in [4.69, 9.17) is 0 Å². The van der Waals surface area contributed by atoms with Crippen LogP contribution in [0, 0.1) is 17.8 Å². The molecule has 1 heterocycles. The first-order chi connectivity index (χ1) is 10.2. The fourth-order valence-corrected chi connectivity index (χ4v) is 3.78. The van der Waals surface area contributed by atoms with Crippen LogP contribution in [0.25, 0.3) is 0 Å². The van der Waals surface area contributed by atoms with E-state index in [1.54, 1.807) is 0 Å². The van der Waals surface area contributed by atoms with E-state index in [1.165, 1.54) is 37.9 Å². The van der Waals surface area contributed by atoms with Crippen molar-refractivity contribution in [2.24, 2.45) is 17.8 Å². The maximum absolute atomic E-state index is 4.67. The molecule has 1 fully saturated rings. The maximum atomic E-state index is 4.67. The van der Waals surface area contributed by atoms with Crippen molar-refractivity contribution in [3.63, 3.8) is 0 Å². The molecule has 1 atom stereocenters. The number of aromatic nitrogens is 2. The first-order valence-electron chi connectivity index (χ1n) is 8.91. The Balaban J connectivity index is 2.07. The minimum atomic E-state index is 0.438. The van der Waals surface area contributed by atoms with Crippen molar-refractivity contribution in [2.45, 2.75) is 72.4 Å². The van der Waals surface area contributed by atoms with Crippen molar-refractivity contribution in [3.05, 3.63) is 18.2 Å². The van der Waals surface area contributed by atoms with Gasteiger partial charge in [-0.2, -0.15) is 0 Å². The summed E-state index contributed by atoms with van der Waals surface area (Å²) >= 11 is 0. The SMILES string of the molecule is CCCNC(c1nccn1CC)C1CCC(C(C)C)CC1. The summed E-state index contributed by atoms with van der Waals surface area (Å²) in [4.78, 5) is 4.67. The van der Waals surface area contributed by atoms with Crippen LogP contribution in [-0.4, -0.2) is 16.1 Å². The highest BCUT2D eigenvalue weighted by Crippen LogP contribution is 2.39. The topological polar surface area (TPSA) is 29.9 Å². The summed E-state index contributed by atoms with van der Waals surface area (Å²) in [6.07, 6.45) is 10.7. The van der Waals surface area contributed by atoms with Crippen LogP contribution < -0.4 is 5.32 Å². The lowest BCUT2D eigenvalue weighted by molar-refractivity contribution is 0.183. The molecule has 1 aliphatic carbocycles. The van der Waals surface area contributed by atoms with Crippen molar-refractivity contribution in [1.82, 2.24) is 14.9 Å². The van der Waals surface area contributed by atoms with Crippen LogP contribution in [0.15, 0.2) is 12.4 Å². The van der Waals surface area contributed by atoms with Crippen LogP contribution in [0.3, 0.4) is 0 Å². The molecule has 2 rings (SSSR count). The highest BCUT2D eigenvalue weighted by atomic mass is 15.1. The molecule has 0 aliphatic heterocycles. The van der Waals surface area contributed by atoms with Gasteiger partial charge in [0.1, 0.15) is 5.82 Å². The first-order valence-corrected chi connectivity index (χ1v) is 8.91. The van der Waals surface area contributed by atoms with Gasteiger partial charge in [-0.1, -0.05) is 20.8 Å². The number of aryl methyl sites for hydroxylation is 1. The molecule has 1 aromatic heterocycles. The summed E-state index contributed by atoms with van der Waals surface area (Å²) in [5, 5.41) is 3.78. The molecule has 120 valence electrons. The molecule has 0 aromatic carbocycles. The summed E-state index contributed by atoms with van der Waals surface area (Å²) in [5.74, 6) is 3.77. The van der Waals surface area contributed by atoms with Gasteiger partial charge in [-0.05, 0) is 63.3 Å². The van der Waals surface area contributed by atoms with Crippen LogP contribution in [0.5, 0.6) is 0 Å². The lowest BCUT2D eigenvalue weighted by Gasteiger charge is -2.35. The van der Waals surface area contributed by atoms with Gasteiger partial charge in [-0.25, -0.2) is 4.98 Å². The average molecular weight is 291 g/mol. The number of imidazole rings is 1. The summed E-state index contributed by atoms with van der Waals surface area (Å²) in [6.45, 7) is 11.3. The van der Waals surface area contributed by atoms with Crippen LogP contribution in [0.4, 0.5) is 0 Å². The number of nitrogens with zero attached hydrogens (tertiary/aromatic N) is 2. The molecule has 3 nitrogen and oxygen atoms in total. The molecule has 1 N–H and O–H groups in total. The first kappa shape index (κ1) is 16.5. The van der Waals surface area contributed by atoms with E-state index in [0.29, 0.717) is 6.04 Å². The van der Waals surface area contributed by atoms with E-state index in [2.05, 4.69) is 48.8 Å². The van der Waals surface area contributed by atoms with Gasteiger partial charge < -0.3 is 9.88 Å². The number of nitrogens with one attached hydrogen (secondary N) is 1. The summed E-state index contributed by atoms with van der Waals surface area (Å²) in [5.41, 5.74) is 0. The Morgan fingerprint density at radius 1 is 1.19 bits per heavy atom. The molecule has 0 radical (unpaired) electrons. The van der Waals surface area contributed by atoms with Crippen molar-refractivity contribution in [1.29, 1.82) is 0 Å². The van der Waals surface area contributed by atoms with Gasteiger partial charge in [-0.15, -0.1) is 0 Å². The molecule has 3 heteroatoms. The van der Waals surface area contributed by atoms with Crippen LogP contribution >= 0.6 is 0 Å². The zero-order valence-corrected chi connectivity index (χ0v) is 14.3. The molecule has 0 amide bonds. The quantitative estimate of drug-likeness (QED) is 0.806. The summed E-state index contributed by atoms with van der Waals surface area (Å²) < 4.78 is 2.31. The van der Waals surface area contributed by atoms with Crippen molar-refractivity contribution in [2.75, 3.05) is 6.54 Å². The van der Waals surface area contributed by atoms with E-state index < -0.39 is 0 Å². The van der Waals surface area contributed by atoms with Gasteiger partial charge >= 0.3 is 0 Å². The van der Waals surface area contributed by atoms with Gasteiger partial charge in [-0.3, -0.25) is 0 Å². The van der Waals surface area contributed by atoms with E-state index in [0.717, 1.165) is 30.8 Å². The monoisotopic (exact) mass is 291 g/mol. The standard InChI is InChI=1S/C18H33N3/c1-5-11-19-17(18-20-12-13-21(18)6-2)16-9-7-15(8-10-16)14(3)4/h12-17,19H,5-11H2,1-4H3. The molecule has 21 heavy (non-hydrogen) atoms. The fourth-order valence-electron chi connectivity index (χ4n) is 3.78. The maximum Gasteiger partial charge on any atom is 0.126 e. The Bertz CT molecular complexity index is 402. The molecule has 1 aliphatic rings. The Kier molecular flexibility index (Phi) is 6.28. The second-order valence-corrected chi connectivity index (χ2v) is 6.92. The Hall–Kier alpha value is -0.830. The lowest BCUT2D eigenvalue weighted by atomic mass is 9.74. The van der Waals surface area contributed by atoms with Gasteiger partial charge in [0.15, 0.2) is 0 Å². The van der Waals surface area contributed by atoms with E-state index in [-0.39, 0.29) is 0 Å². The third-order valence-electron chi connectivity index (χ3n) is 5.21. The molecule has 0 spiro atoms. The van der Waals surface area contributed by atoms with Gasteiger partial charge in [0.2, 0.25) is 0 Å². The molecule has 1 saturated carbocycles. The fraction of sp³-hybridized carbons (Fsp3) is 0.833. The normalized spacial score (nSPS) is 24.4. The summed E-state index contributed by atoms with van der Waals surface area (Å²) in [7, 11) is 0. The second-order valence-electron chi connectivity index (χ2n) is 6.92. The third kappa shape index (κ3) is 4.09. The predicted octanol–water partition coefficient (Wildman–Crippen LogP) is 4.41. The smallest absolute Gasteiger partial charge is 0.126 e. The van der Waals surface area contributed by atoms with Crippen molar-refractivity contribution in [3.8, 4) is 0 Å². The largest absolute Gasteiger partial charge is 0.334 e. The van der Waals surface area contributed by atoms with Gasteiger partial charge in [0.05, 0.1) is 6.04 Å². The van der Waals surface area contributed by atoms with Crippen LogP contribution in [0.2, 0.25) is 0 Å². The lowest BCUT2D eigenvalue weighted by Crippen LogP contribution is -2.34. The molecule has 1 unspecified atom stereocenters. The highest BCUT2D eigenvalue weighted by Gasteiger charge is 2.31. The minimum absolute atomic E-state index is 0.438. The zero-order chi connectivity index (χ0) is 15.2. The van der Waals surface area contributed by atoms with Crippen molar-refractivity contribution >= 4 is 0 Å². The molecular formula is C18H33N3.